The first kappa shape index (κ1) is 20.3. The molecule has 0 heterocycles. The van der Waals surface area contributed by atoms with Crippen LogP contribution in [0.15, 0.2) is 0 Å². The molecule has 0 atom stereocenters. The maximum atomic E-state index is 12.1. The third-order valence-electron chi connectivity index (χ3n) is 5.76. The van der Waals surface area contributed by atoms with E-state index in [0.29, 0.717) is 29.7 Å². The number of rotatable bonds is 6. The Morgan fingerprint density at radius 3 is 1.91 bits per heavy atom. The molecule has 0 saturated heterocycles. The van der Waals surface area contributed by atoms with E-state index < -0.39 is 8.07 Å². The average molecular weight is 337 g/mol. The molecule has 1 aliphatic carbocycles. The van der Waals surface area contributed by atoms with Crippen LogP contribution in [0.2, 0.25) is 16.6 Å². The Morgan fingerprint density at radius 1 is 1.04 bits per heavy atom. The van der Waals surface area contributed by atoms with Gasteiger partial charge in [0.25, 0.3) is 0 Å². The molecule has 0 aromatic rings. The highest BCUT2D eigenvalue weighted by atomic mass is 28.3. The van der Waals surface area contributed by atoms with Crippen molar-refractivity contribution < 1.29 is 9.53 Å². The molecule has 0 spiro atoms. The Hall–Kier alpha value is -0.753. The minimum Gasteiger partial charge on any atom is -0.466 e. The van der Waals surface area contributed by atoms with Gasteiger partial charge in [-0.2, -0.15) is 0 Å². The smallest absolute Gasteiger partial charge is 0.307 e. The lowest BCUT2D eigenvalue weighted by Crippen LogP contribution is -2.43. The molecule has 0 amide bonds. The van der Waals surface area contributed by atoms with Crippen molar-refractivity contribution in [2.45, 2.75) is 97.2 Å². The first-order chi connectivity index (χ1) is 10.7. The van der Waals surface area contributed by atoms with E-state index in [1.54, 1.807) is 0 Å². The quantitative estimate of drug-likeness (QED) is 0.352. The fourth-order valence-electron chi connectivity index (χ4n) is 4.56. The molecule has 0 radical (unpaired) electrons. The van der Waals surface area contributed by atoms with Crippen LogP contribution in [0.5, 0.6) is 0 Å². The van der Waals surface area contributed by atoms with Crippen molar-refractivity contribution in [2.24, 2.45) is 5.41 Å². The van der Waals surface area contributed by atoms with Crippen LogP contribution in [-0.2, 0) is 9.53 Å². The second kappa shape index (κ2) is 8.38. The van der Waals surface area contributed by atoms with Crippen LogP contribution >= 0.6 is 0 Å². The molecule has 132 valence electrons. The van der Waals surface area contributed by atoms with Gasteiger partial charge in [-0.05, 0) is 36.4 Å². The number of carbonyl (C=O) groups is 1. The van der Waals surface area contributed by atoms with Gasteiger partial charge in [0.2, 0.25) is 0 Å². The molecule has 1 rings (SSSR count). The van der Waals surface area contributed by atoms with Gasteiger partial charge in [0, 0.05) is 5.41 Å². The van der Waals surface area contributed by atoms with Gasteiger partial charge in [-0.1, -0.05) is 54.4 Å². The summed E-state index contributed by atoms with van der Waals surface area (Å²) in [5.41, 5.74) is 5.63. The van der Waals surface area contributed by atoms with Crippen LogP contribution in [0.1, 0.15) is 80.6 Å². The zero-order valence-corrected chi connectivity index (χ0v) is 17.3. The lowest BCUT2D eigenvalue weighted by Gasteiger charge is -2.38. The third kappa shape index (κ3) is 4.63. The summed E-state index contributed by atoms with van der Waals surface area (Å²) in [5, 5.41) is 0. The van der Waals surface area contributed by atoms with Crippen molar-refractivity contribution in [3.8, 4) is 11.5 Å². The van der Waals surface area contributed by atoms with Crippen LogP contribution in [0.25, 0.3) is 0 Å². The first-order valence-corrected chi connectivity index (χ1v) is 11.6. The van der Waals surface area contributed by atoms with Gasteiger partial charge in [0.05, 0.1) is 13.0 Å². The Kier molecular flexibility index (Phi) is 7.39. The molecular formula is C20H36O2Si. The van der Waals surface area contributed by atoms with Gasteiger partial charge in [-0.3, -0.25) is 4.79 Å². The molecule has 0 bridgehead atoms. The highest BCUT2D eigenvalue weighted by Gasteiger charge is 2.43. The minimum absolute atomic E-state index is 0.0744. The Morgan fingerprint density at radius 2 is 1.52 bits per heavy atom. The van der Waals surface area contributed by atoms with Crippen molar-refractivity contribution in [1.82, 2.24) is 0 Å². The van der Waals surface area contributed by atoms with E-state index in [-0.39, 0.29) is 11.4 Å². The van der Waals surface area contributed by atoms with Crippen molar-refractivity contribution in [3.05, 3.63) is 0 Å². The van der Waals surface area contributed by atoms with Gasteiger partial charge < -0.3 is 4.74 Å². The summed E-state index contributed by atoms with van der Waals surface area (Å²) in [6.07, 6.45) is 4.96. The summed E-state index contributed by atoms with van der Waals surface area (Å²) in [6, 6.07) is 0. The van der Waals surface area contributed by atoms with Crippen molar-refractivity contribution in [2.75, 3.05) is 6.61 Å². The highest BCUT2D eigenvalue weighted by molar-refractivity contribution is 6.90. The first-order valence-electron chi connectivity index (χ1n) is 9.40. The molecule has 0 aliphatic heterocycles. The molecule has 0 aromatic carbocycles. The minimum atomic E-state index is -1.72. The van der Waals surface area contributed by atoms with Crippen molar-refractivity contribution >= 4 is 14.0 Å². The van der Waals surface area contributed by atoms with Crippen LogP contribution in [0.3, 0.4) is 0 Å². The van der Waals surface area contributed by atoms with E-state index in [9.17, 15) is 4.79 Å². The van der Waals surface area contributed by atoms with Gasteiger partial charge in [0.15, 0.2) is 0 Å². The lowest BCUT2D eigenvalue weighted by atomic mass is 9.84. The van der Waals surface area contributed by atoms with E-state index in [4.69, 9.17) is 4.74 Å². The molecular weight excluding hydrogens is 300 g/mol. The Labute approximate surface area is 144 Å². The summed E-state index contributed by atoms with van der Waals surface area (Å²) in [6.45, 7) is 16.4. The van der Waals surface area contributed by atoms with Crippen LogP contribution in [-0.4, -0.2) is 20.7 Å². The molecule has 0 N–H and O–H groups in total. The largest absolute Gasteiger partial charge is 0.466 e. The van der Waals surface area contributed by atoms with Crippen LogP contribution < -0.4 is 0 Å². The Bertz CT molecular complexity index is 426. The van der Waals surface area contributed by atoms with Gasteiger partial charge >= 0.3 is 5.97 Å². The summed E-state index contributed by atoms with van der Waals surface area (Å²) in [7, 11) is -1.72. The fourth-order valence-corrected chi connectivity index (χ4v) is 9.91. The van der Waals surface area contributed by atoms with Gasteiger partial charge in [0.1, 0.15) is 8.07 Å². The van der Waals surface area contributed by atoms with E-state index in [2.05, 4.69) is 53.0 Å². The molecule has 1 aliphatic rings. The number of ether oxygens (including phenoxy) is 1. The van der Waals surface area contributed by atoms with Crippen LogP contribution in [0, 0.1) is 16.9 Å². The Balaban J connectivity index is 3.16. The normalized spacial score (nSPS) is 17.5. The zero-order chi connectivity index (χ0) is 17.7. The van der Waals surface area contributed by atoms with Crippen molar-refractivity contribution in [3.63, 3.8) is 0 Å². The van der Waals surface area contributed by atoms with E-state index in [0.717, 1.165) is 12.8 Å². The third-order valence-corrected chi connectivity index (χ3v) is 12.0. The molecule has 2 nitrogen and oxygen atoms in total. The number of hydrogen-bond donors (Lipinski definition) is 0. The lowest BCUT2D eigenvalue weighted by molar-refractivity contribution is -0.145. The molecule has 0 unspecified atom stereocenters. The number of hydrogen-bond acceptors (Lipinski definition) is 2. The van der Waals surface area contributed by atoms with E-state index >= 15 is 0 Å². The van der Waals surface area contributed by atoms with E-state index in [1.807, 2.05) is 6.92 Å². The number of carbonyl (C=O) groups excluding carboxylic acids is 1. The highest BCUT2D eigenvalue weighted by Crippen LogP contribution is 2.44. The van der Waals surface area contributed by atoms with Gasteiger partial charge in [-0.15, -0.1) is 11.5 Å². The summed E-state index contributed by atoms with van der Waals surface area (Å²) in [5.74, 6) is 3.61. The SMILES string of the molecule is CCOC(=O)CC1(C#C[Si](C(C)C)(C(C)C)C(C)C)CCCC1. The summed E-state index contributed by atoms with van der Waals surface area (Å²) in [4.78, 5) is 12.1. The average Bonchev–Trinajstić information content (AvgIpc) is 2.87. The molecule has 3 heteroatoms. The predicted molar refractivity (Wildman–Crippen MR) is 101 cm³/mol. The molecule has 1 fully saturated rings. The molecule has 1 saturated carbocycles. The standard InChI is InChI=1S/C20H36O2Si/c1-8-22-19(21)15-20(11-9-10-12-20)13-14-23(16(2)3,17(4)5)18(6)7/h16-18H,8-12,15H2,1-7H3. The monoisotopic (exact) mass is 336 g/mol. The number of esters is 1. The van der Waals surface area contributed by atoms with Gasteiger partial charge in [-0.25, -0.2) is 0 Å². The summed E-state index contributed by atoms with van der Waals surface area (Å²) < 4.78 is 5.21. The second-order valence-electron chi connectivity index (χ2n) is 8.12. The molecule has 0 aromatic heterocycles. The predicted octanol–water partition coefficient (Wildman–Crippen LogP) is 5.72. The van der Waals surface area contributed by atoms with Crippen molar-refractivity contribution in [1.29, 1.82) is 0 Å². The topological polar surface area (TPSA) is 26.3 Å². The summed E-state index contributed by atoms with van der Waals surface area (Å²) >= 11 is 0. The van der Waals surface area contributed by atoms with Crippen LogP contribution in [0.4, 0.5) is 0 Å². The molecule has 23 heavy (non-hydrogen) atoms. The maximum absolute atomic E-state index is 12.1. The maximum Gasteiger partial charge on any atom is 0.307 e. The zero-order valence-electron chi connectivity index (χ0n) is 16.3. The van der Waals surface area contributed by atoms with E-state index in [1.165, 1.54) is 12.8 Å². The fraction of sp³-hybridized carbons (Fsp3) is 0.850. The second-order valence-corrected chi connectivity index (χ2v) is 13.7.